The molecule has 0 aliphatic heterocycles. The van der Waals surface area contributed by atoms with Crippen LogP contribution in [0.25, 0.3) is 17.3 Å². The quantitative estimate of drug-likeness (QED) is 0.751. The first-order valence-electron chi connectivity index (χ1n) is 7.40. The average Bonchev–Trinajstić information content (AvgIpc) is 3.21. The molecule has 0 radical (unpaired) electrons. The molecule has 2 aromatic heterocycles. The minimum Gasteiger partial charge on any atom is -0.493 e. The maximum Gasteiger partial charge on any atom is 0.282 e. The zero-order valence-electron chi connectivity index (χ0n) is 13.4. The standard InChI is InChI=1S/C16H19N5O2/c1-11(17-2)9-14-18-16(23-20-14)15-13(22-3)10-21(19-15)12-7-5-4-6-8-12/h4-8,10-11,17H,9H2,1-3H3. The van der Waals surface area contributed by atoms with E-state index >= 15 is 0 Å². The number of ether oxygens (including phenoxy) is 1. The van der Waals surface area contributed by atoms with E-state index in [1.54, 1.807) is 18.0 Å². The number of nitrogens with one attached hydrogen (secondary N) is 1. The lowest BCUT2D eigenvalue weighted by atomic mass is 10.2. The number of likely N-dealkylation sites (N-methyl/N-ethyl adjacent to an activating group) is 1. The third kappa shape index (κ3) is 3.24. The van der Waals surface area contributed by atoms with E-state index in [0.29, 0.717) is 29.6 Å². The first-order chi connectivity index (χ1) is 11.2. The molecule has 0 amide bonds. The van der Waals surface area contributed by atoms with Crippen molar-refractivity contribution >= 4 is 0 Å². The van der Waals surface area contributed by atoms with Crippen LogP contribution in [0.3, 0.4) is 0 Å². The molecule has 23 heavy (non-hydrogen) atoms. The fourth-order valence-corrected chi connectivity index (χ4v) is 2.18. The number of para-hydroxylation sites is 1. The van der Waals surface area contributed by atoms with Crippen molar-refractivity contribution in [2.24, 2.45) is 0 Å². The number of nitrogens with zero attached hydrogens (tertiary/aromatic N) is 4. The van der Waals surface area contributed by atoms with Gasteiger partial charge < -0.3 is 14.6 Å². The maximum absolute atomic E-state index is 5.39. The maximum atomic E-state index is 5.39. The molecule has 0 spiro atoms. The molecule has 7 heteroatoms. The molecule has 1 unspecified atom stereocenters. The topological polar surface area (TPSA) is 78.0 Å². The van der Waals surface area contributed by atoms with Crippen LogP contribution in [-0.2, 0) is 6.42 Å². The van der Waals surface area contributed by atoms with Gasteiger partial charge in [-0.2, -0.15) is 10.1 Å². The van der Waals surface area contributed by atoms with Crippen LogP contribution in [0.15, 0.2) is 41.1 Å². The normalized spacial score (nSPS) is 12.3. The first kappa shape index (κ1) is 15.2. The number of hydrogen-bond donors (Lipinski definition) is 1. The first-order valence-corrected chi connectivity index (χ1v) is 7.40. The highest BCUT2D eigenvalue weighted by atomic mass is 16.5. The minimum atomic E-state index is 0.268. The summed E-state index contributed by atoms with van der Waals surface area (Å²) < 4.78 is 12.5. The summed E-state index contributed by atoms with van der Waals surface area (Å²) in [6.45, 7) is 2.06. The van der Waals surface area contributed by atoms with E-state index in [-0.39, 0.29) is 6.04 Å². The van der Waals surface area contributed by atoms with E-state index in [1.165, 1.54) is 0 Å². The van der Waals surface area contributed by atoms with Gasteiger partial charge in [0.05, 0.1) is 19.0 Å². The van der Waals surface area contributed by atoms with Crippen molar-refractivity contribution in [3.8, 4) is 23.0 Å². The van der Waals surface area contributed by atoms with Crippen LogP contribution in [0.1, 0.15) is 12.7 Å². The number of rotatable bonds is 6. The van der Waals surface area contributed by atoms with E-state index < -0.39 is 0 Å². The van der Waals surface area contributed by atoms with Crippen molar-refractivity contribution in [3.63, 3.8) is 0 Å². The Kier molecular flexibility index (Phi) is 4.38. The molecule has 0 saturated carbocycles. The Hall–Kier alpha value is -2.67. The fraction of sp³-hybridized carbons (Fsp3) is 0.312. The van der Waals surface area contributed by atoms with Crippen molar-refractivity contribution in [2.45, 2.75) is 19.4 Å². The Morgan fingerprint density at radius 1 is 1.30 bits per heavy atom. The molecule has 1 N–H and O–H groups in total. The second-order valence-corrected chi connectivity index (χ2v) is 5.24. The molecule has 3 rings (SSSR count). The molecular weight excluding hydrogens is 294 g/mol. The van der Waals surface area contributed by atoms with Gasteiger partial charge in [0.15, 0.2) is 17.3 Å². The highest BCUT2D eigenvalue weighted by Crippen LogP contribution is 2.28. The summed E-state index contributed by atoms with van der Waals surface area (Å²) in [6, 6.07) is 10.1. The van der Waals surface area contributed by atoms with Gasteiger partial charge in [-0.3, -0.25) is 0 Å². The average molecular weight is 313 g/mol. The Balaban J connectivity index is 1.92. The van der Waals surface area contributed by atoms with Crippen LogP contribution >= 0.6 is 0 Å². The monoisotopic (exact) mass is 313 g/mol. The lowest BCUT2D eigenvalue weighted by Crippen LogP contribution is -2.24. The van der Waals surface area contributed by atoms with Crippen molar-refractivity contribution in [1.82, 2.24) is 25.2 Å². The van der Waals surface area contributed by atoms with Gasteiger partial charge in [-0.05, 0) is 26.1 Å². The second-order valence-electron chi connectivity index (χ2n) is 5.24. The molecule has 0 saturated heterocycles. The molecule has 2 heterocycles. The van der Waals surface area contributed by atoms with Gasteiger partial charge in [-0.25, -0.2) is 4.68 Å². The van der Waals surface area contributed by atoms with Gasteiger partial charge in [-0.15, -0.1) is 0 Å². The van der Waals surface area contributed by atoms with Crippen LogP contribution in [0, 0.1) is 0 Å². The van der Waals surface area contributed by atoms with E-state index in [9.17, 15) is 0 Å². The minimum absolute atomic E-state index is 0.268. The highest BCUT2D eigenvalue weighted by molar-refractivity contribution is 5.57. The Morgan fingerprint density at radius 3 is 2.78 bits per heavy atom. The predicted molar refractivity (Wildman–Crippen MR) is 85.6 cm³/mol. The summed E-state index contributed by atoms with van der Waals surface area (Å²) in [7, 11) is 3.49. The lowest BCUT2D eigenvalue weighted by Gasteiger charge is -2.04. The predicted octanol–water partition coefficient (Wildman–Crippen LogP) is 2.08. The fourth-order valence-electron chi connectivity index (χ4n) is 2.18. The van der Waals surface area contributed by atoms with E-state index in [1.807, 2.05) is 37.4 Å². The van der Waals surface area contributed by atoms with E-state index in [0.717, 1.165) is 5.69 Å². The van der Waals surface area contributed by atoms with Crippen LogP contribution in [0.5, 0.6) is 5.75 Å². The molecule has 0 fully saturated rings. The van der Waals surface area contributed by atoms with Crippen LogP contribution in [0.2, 0.25) is 0 Å². The Bertz CT molecular complexity index is 766. The van der Waals surface area contributed by atoms with Crippen LogP contribution in [0.4, 0.5) is 0 Å². The van der Waals surface area contributed by atoms with Gasteiger partial charge in [0.2, 0.25) is 0 Å². The summed E-state index contributed by atoms with van der Waals surface area (Å²) in [5.41, 5.74) is 1.47. The Labute approximate surface area is 134 Å². The lowest BCUT2D eigenvalue weighted by molar-refractivity contribution is 0.401. The van der Waals surface area contributed by atoms with Gasteiger partial charge in [0, 0.05) is 12.5 Å². The SMILES string of the molecule is CNC(C)Cc1noc(-c2nn(-c3ccccc3)cc2OC)n1. The van der Waals surface area contributed by atoms with Gasteiger partial charge in [0.25, 0.3) is 5.89 Å². The van der Waals surface area contributed by atoms with Gasteiger partial charge in [0.1, 0.15) is 0 Å². The third-order valence-corrected chi connectivity index (χ3v) is 3.57. The molecule has 0 aliphatic rings. The largest absolute Gasteiger partial charge is 0.493 e. The smallest absolute Gasteiger partial charge is 0.282 e. The van der Waals surface area contributed by atoms with Crippen molar-refractivity contribution in [1.29, 1.82) is 0 Å². The number of methoxy groups -OCH3 is 1. The van der Waals surface area contributed by atoms with Gasteiger partial charge >= 0.3 is 0 Å². The molecule has 0 aliphatic carbocycles. The summed E-state index contributed by atoms with van der Waals surface area (Å²) in [4.78, 5) is 4.41. The van der Waals surface area contributed by atoms with Crippen molar-refractivity contribution in [3.05, 3.63) is 42.4 Å². The molecule has 1 aromatic carbocycles. The highest BCUT2D eigenvalue weighted by Gasteiger charge is 2.19. The summed E-state index contributed by atoms with van der Waals surface area (Å²) in [6.07, 6.45) is 2.48. The van der Waals surface area contributed by atoms with E-state index in [4.69, 9.17) is 9.26 Å². The van der Waals surface area contributed by atoms with Gasteiger partial charge in [-0.1, -0.05) is 23.4 Å². The molecule has 1 atom stereocenters. The second kappa shape index (κ2) is 6.62. The van der Waals surface area contributed by atoms with Crippen LogP contribution < -0.4 is 10.1 Å². The summed E-state index contributed by atoms with van der Waals surface area (Å²) >= 11 is 0. The molecule has 3 aromatic rings. The summed E-state index contributed by atoms with van der Waals surface area (Å²) in [5, 5.41) is 11.7. The number of hydrogen-bond acceptors (Lipinski definition) is 6. The van der Waals surface area contributed by atoms with Crippen molar-refractivity contribution < 1.29 is 9.26 Å². The summed E-state index contributed by atoms with van der Waals surface area (Å²) in [5.74, 6) is 1.58. The zero-order chi connectivity index (χ0) is 16.2. The van der Waals surface area contributed by atoms with E-state index in [2.05, 4.69) is 27.5 Å². The van der Waals surface area contributed by atoms with Crippen LogP contribution in [-0.4, -0.2) is 40.1 Å². The molecular formula is C16H19N5O2. The number of benzene rings is 1. The zero-order valence-corrected chi connectivity index (χ0v) is 13.4. The molecule has 0 bridgehead atoms. The van der Waals surface area contributed by atoms with Crippen molar-refractivity contribution in [2.75, 3.05) is 14.2 Å². The third-order valence-electron chi connectivity index (χ3n) is 3.57. The Morgan fingerprint density at radius 2 is 2.09 bits per heavy atom. The molecule has 120 valence electrons. The molecule has 7 nitrogen and oxygen atoms in total. The number of aromatic nitrogens is 4.